The molecule has 0 amide bonds. The van der Waals surface area contributed by atoms with Gasteiger partial charge < -0.3 is 4.74 Å². The molecule has 3 aromatic rings. The van der Waals surface area contributed by atoms with E-state index in [1.807, 2.05) is 19.1 Å². The van der Waals surface area contributed by atoms with Crippen molar-refractivity contribution in [3.05, 3.63) is 74.9 Å². The Kier molecular flexibility index (Phi) is 6.57. The van der Waals surface area contributed by atoms with Crippen LogP contribution in [-0.4, -0.2) is 42.6 Å². The summed E-state index contributed by atoms with van der Waals surface area (Å²) in [7, 11) is -1.93. The molecule has 0 aliphatic carbocycles. The lowest BCUT2D eigenvalue weighted by atomic mass is 10.0. The second-order valence-electron chi connectivity index (χ2n) is 7.68. The third kappa shape index (κ3) is 4.61. The molecule has 2 aromatic carbocycles. The minimum absolute atomic E-state index is 0.0477. The quantitative estimate of drug-likeness (QED) is 0.482. The van der Waals surface area contributed by atoms with E-state index in [4.69, 9.17) is 16.3 Å². The van der Waals surface area contributed by atoms with Crippen molar-refractivity contribution in [2.45, 2.75) is 25.7 Å². The Morgan fingerprint density at radius 1 is 1.09 bits per heavy atom. The second-order valence-corrected chi connectivity index (χ2v) is 10.0. The SMILES string of the molecule is Cc1ccc(C(=O)COc2c(C(=O)c3cc(C)c(S(C)(=O)=O)c(C)c3Cl)cnn2C)cc1. The molecule has 0 aliphatic heterocycles. The van der Waals surface area contributed by atoms with Gasteiger partial charge in [-0.25, -0.2) is 13.1 Å². The number of hydrogen-bond donors (Lipinski definition) is 0. The van der Waals surface area contributed by atoms with E-state index < -0.39 is 15.6 Å². The molecule has 1 heterocycles. The Labute approximate surface area is 191 Å². The predicted molar refractivity (Wildman–Crippen MR) is 122 cm³/mol. The minimum Gasteiger partial charge on any atom is -0.469 e. The number of ketones is 2. The number of carbonyl (C=O) groups excluding carboxylic acids is 2. The van der Waals surface area contributed by atoms with Gasteiger partial charge in [-0.3, -0.25) is 9.59 Å². The van der Waals surface area contributed by atoms with Gasteiger partial charge in [0, 0.05) is 24.4 Å². The van der Waals surface area contributed by atoms with Crippen LogP contribution in [0.15, 0.2) is 41.4 Å². The van der Waals surface area contributed by atoms with Gasteiger partial charge in [0.25, 0.3) is 0 Å². The van der Waals surface area contributed by atoms with Gasteiger partial charge in [-0.05, 0) is 38.0 Å². The summed E-state index contributed by atoms with van der Waals surface area (Å²) in [6, 6.07) is 8.54. The molecular weight excluding hydrogens is 452 g/mol. The summed E-state index contributed by atoms with van der Waals surface area (Å²) in [6.45, 7) is 4.82. The molecule has 0 unspecified atom stereocenters. The number of rotatable bonds is 7. The third-order valence-corrected chi connectivity index (χ3v) is 6.94. The van der Waals surface area contributed by atoms with E-state index in [1.165, 1.54) is 16.9 Å². The molecule has 0 radical (unpaired) electrons. The maximum atomic E-state index is 13.3. The van der Waals surface area contributed by atoms with Crippen LogP contribution in [0.1, 0.15) is 43.0 Å². The van der Waals surface area contributed by atoms with Crippen LogP contribution >= 0.6 is 11.6 Å². The Bertz CT molecular complexity index is 1330. The summed E-state index contributed by atoms with van der Waals surface area (Å²) < 4.78 is 31.2. The minimum atomic E-state index is -3.52. The first-order chi connectivity index (χ1) is 14.9. The number of aryl methyl sites for hydroxylation is 3. The van der Waals surface area contributed by atoms with Crippen molar-refractivity contribution in [3.8, 4) is 5.88 Å². The van der Waals surface area contributed by atoms with Crippen molar-refractivity contribution in [3.63, 3.8) is 0 Å². The van der Waals surface area contributed by atoms with Crippen molar-refractivity contribution >= 4 is 33.0 Å². The van der Waals surface area contributed by atoms with Gasteiger partial charge in [0.15, 0.2) is 22.2 Å². The topological polar surface area (TPSA) is 95.3 Å². The fraction of sp³-hybridized carbons (Fsp3) is 0.261. The van der Waals surface area contributed by atoms with E-state index in [-0.39, 0.29) is 39.3 Å². The molecule has 0 N–H and O–H groups in total. The first kappa shape index (κ1) is 23.7. The Hall–Kier alpha value is -2.97. The van der Waals surface area contributed by atoms with Crippen LogP contribution in [-0.2, 0) is 16.9 Å². The third-order valence-electron chi connectivity index (χ3n) is 5.08. The van der Waals surface area contributed by atoms with E-state index in [0.717, 1.165) is 11.8 Å². The van der Waals surface area contributed by atoms with Crippen LogP contribution in [0.5, 0.6) is 5.88 Å². The Morgan fingerprint density at radius 2 is 1.72 bits per heavy atom. The number of Topliss-reactive ketones (excluding diaryl/α,β-unsaturated/α-hetero) is 1. The summed E-state index contributed by atoms with van der Waals surface area (Å²) in [5, 5.41) is 4.13. The number of ether oxygens (including phenoxy) is 1. The van der Waals surface area contributed by atoms with Crippen molar-refractivity contribution in [2.24, 2.45) is 7.05 Å². The highest BCUT2D eigenvalue weighted by Crippen LogP contribution is 2.33. The van der Waals surface area contributed by atoms with Crippen molar-refractivity contribution in [1.29, 1.82) is 0 Å². The highest BCUT2D eigenvalue weighted by Gasteiger charge is 2.26. The molecule has 168 valence electrons. The molecular formula is C23H23ClN2O5S. The average Bonchev–Trinajstić information content (AvgIpc) is 3.08. The molecule has 0 saturated carbocycles. The second kappa shape index (κ2) is 8.88. The maximum absolute atomic E-state index is 13.3. The van der Waals surface area contributed by atoms with Crippen LogP contribution in [0, 0.1) is 20.8 Å². The van der Waals surface area contributed by atoms with Gasteiger partial charge in [-0.2, -0.15) is 5.10 Å². The smallest absolute Gasteiger partial charge is 0.223 e. The number of carbonyl (C=O) groups is 2. The summed E-state index contributed by atoms with van der Waals surface area (Å²) in [5.41, 5.74) is 2.51. The number of hydrogen-bond acceptors (Lipinski definition) is 6. The molecule has 0 fully saturated rings. The normalized spacial score (nSPS) is 11.4. The van der Waals surface area contributed by atoms with Crippen LogP contribution in [0.25, 0.3) is 0 Å². The van der Waals surface area contributed by atoms with Crippen molar-refractivity contribution in [2.75, 3.05) is 12.9 Å². The van der Waals surface area contributed by atoms with Crippen LogP contribution < -0.4 is 4.74 Å². The molecule has 0 spiro atoms. The Morgan fingerprint density at radius 3 is 2.31 bits per heavy atom. The predicted octanol–water partition coefficient (Wildman–Crippen LogP) is 3.89. The molecule has 9 heteroatoms. The molecule has 0 aliphatic rings. The zero-order valence-corrected chi connectivity index (χ0v) is 20.0. The van der Waals surface area contributed by atoms with Gasteiger partial charge in [0.05, 0.1) is 16.1 Å². The van der Waals surface area contributed by atoms with Gasteiger partial charge in [-0.1, -0.05) is 41.4 Å². The molecule has 0 saturated heterocycles. The van der Waals surface area contributed by atoms with E-state index in [0.29, 0.717) is 16.7 Å². The first-order valence-electron chi connectivity index (χ1n) is 9.71. The van der Waals surface area contributed by atoms with Gasteiger partial charge in [-0.15, -0.1) is 0 Å². The molecule has 0 atom stereocenters. The average molecular weight is 475 g/mol. The molecule has 32 heavy (non-hydrogen) atoms. The number of sulfone groups is 1. The van der Waals surface area contributed by atoms with Gasteiger partial charge in [0.1, 0.15) is 5.56 Å². The van der Waals surface area contributed by atoms with E-state index in [2.05, 4.69) is 5.10 Å². The highest BCUT2D eigenvalue weighted by molar-refractivity contribution is 7.90. The van der Waals surface area contributed by atoms with Crippen molar-refractivity contribution < 1.29 is 22.7 Å². The lowest BCUT2D eigenvalue weighted by Gasteiger charge is -2.14. The Balaban J connectivity index is 1.93. The summed E-state index contributed by atoms with van der Waals surface area (Å²) in [4.78, 5) is 25.8. The summed E-state index contributed by atoms with van der Waals surface area (Å²) in [5.74, 6) is -0.604. The van der Waals surface area contributed by atoms with E-state index >= 15 is 0 Å². The highest BCUT2D eigenvalue weighted by atomic mass is 35.5. The summed E-state index contributed by atoms with van der Waals surface area (Å²) >= 11 is 6.39. The fourth-order valence-electron chi connectivity index (χ4n) is 3.53. The number of halogens is 1. The van der Waals surface area contributed by atoms with E-state index in [1.54, 1.807) is 33.0 Å². The van der Waals surface area contributed by atoms with Crippen molar-refractivity contribution in [1.82, 2.24) is 9.78 Å². The standard InChI is InChI=1S/C23H23ClN2O5S/c1-13-6-8-16(9-7-13)19(27)12-31-23-18(11-25-26(23)4)21(28)17-10-14(2)22(32(5,29)30)15(3)20(17)24/h6-11H,12H2,1-5H3. The number of benzene rings is 2. The number of nitrogens with zero attached hydrogens (tertiary/aromatic N) is 2. The molecule has 0 bridgehead atoms. The zero-order chi connectivity index (χ0) is 23.8. The summed E-state index contributed by atoms with van der Waals surface area (Å²) in [6.07, 6.45) is 2.43. The van der Waals surface area contributed by atoms with E-state index in [9.17, 15) is 18.0 Å². The largest absolute Gasteiger partial charge is 0.469 e. The van der Waals surface area contributed by atoms with Crippen LogP contribution in [0.3, 0.4) is 0 Å². The van der Waals surface area contributed by atoms with Crippen LogP contribution in [0.2, 0.25) is 5.02 Å². The van der Waals surface area contributed by atoms with Gasteiger partial charge >= 0.3 is 0 Å². The lowest BCUT2D eigenvalue weighted by Crippen LogP contribution is -2.15. The monoisotopic (exact) mass is 474 g/mol. The molecule has 7 nitrogen and oxygen atoms in total. The fourth-order valence-corrected chi connectivity index (χ4v) is 5.13. The first-order valence-corrected chi connectivity index (χ1v) is 12.0. The van der Waals surface area contributed by atoms with Crippen LogP contribution in [0.4, 0.5) is 0 Å². The number of aromatic nitrogens is 2. The zero-order valence-electron chi connectivity index (χ0n) is 18.4. The van der Waals surface area contributed by atoms with Gasteiger partial charge in [0.2, 0.25) is 11.7 Å². The molecule has 1 aromatic heterocycles. The molecule has 3 rings (SSSR count). The maximum Gasteiger partial charge on any atom is 0.223 e. The lowest BCUT2D eigenvalue weighted by molar-refractivity contribution is 0.0908.